The molecule has 3 rings (SSSR count). The maximum atomic E-state index is 13.2. The van der Waals surface area contributed by atoms with Crippen molar-refractivity contribution in [3.63, 3.8) is 0 Å². The summed E-state index contributed by atoms with van der Waals surface area (Å²) in [5.41, 5.74) is 0.543. The molecule has 1 aromatic carbocycles. The Labute approximate surface area is 143 Å². The number of hydrogen-bond acceptors (Lipinski definition) is 4. The first-order valence-electron chi connectivity index (χ1n) is 7.70. The molecule has 5 heteroatoms. The Balaban J connectivity index is 2.11. The Morgan fingerprint density at radius 3 is 2.65 bits per heavy atom. The van der Waals surface area contributed by atoms with Gasteiger partial charge in [0.05, 0.1) is 7.11 Å². The topological polar surface area (TPSA) is 60.4 Å². The highest BCUT2D eigenvalue weighted by molar-refractivity contribution is 9.10. The second kappa shape index (κ2) is 5.26. The standard InChI is InChI=1S/C18H19BrO4/c1-17(2)13-5-4-10(19)8-11(13)15(21)18(17)7-6-14(20)12(9-18)16(22)23-3/h4-5,8,12H,6-7,9H2,1-3H3. The van der Waals surface area contributed by atoms with Crippen LogP contribution < -0.4 is 0 Å². The SMILES string of the molecule is COC(=O)C1CC2(CCC1=O)C(=O)c1cc(Br)ccc1C2(C)C. The van der Waals surface area contributed by atoms with Crippen molar-refractivity contribution in [1.82, 2.24) is 0 Å². The molecule has 122 valence electrons. The van der Waals surface area contributed by atoms with Gasteiger partial charge in [0.2, 0.25) is 0 Å². The average Bonchev–Trinajstić information content (AvgIpc) is 2.67. The number of benzene rings is 1. The number of carbonyl (C=O) groups is 3. The molecular weight excluding hydrogens is 360 g/mol. The Morgan fingerprint density at radius 1 is 1.30 bits per heavy atom. The first-order valence-corrected chi connectivity index (χ1v) is 8.49. The van der Waals surface area contributed by atoms with Gasteiger partial charge in [-0.1, -0.05) is 35.8 Å². The predicted octanol–water partition coefficient (Wildman–Crippen LogP) is 3.45. The van der Waals surface area contributed by atoms with Gasteiger partial charge in [0.25, 0.3) is 0 Å². The van der Waals surface area contributed by atoms with Crippen LogP contribution in [0.4, 0.5) is 0 Å². The number of carbonyl (C=O) groups excluding carboxylic acids is 3. The van der Waals surface area contributed by atoms with Crippen LogP contribution in [0.15, 0.2) is 22.7 Å². The van der Waals surface area contributed by atoms with E-state index >= 15 is 0 Å². The summed E-state index contributed by atoms with van der Waals surface area (Å²) in [4.78, 5) is 37.4. The van der Waals surface area contributed by atoms with Crippen LogP contribution in [0.25, 0.3) is 0 Å². The number of hydrogen-bond donors (Lipinski definition) is 0. The fourth-order valence-corrected chi connectivity index (χ4v) is 4.62. The lowest BCUT2D eigenvalue weighted by Gasteiger charge is -2.44. The van der Waals surface area contributed by atoms with Crippen molar-refractivity contribution in [2.45, 2.75) is 38.5 Å². The van der Waals surface area contributed by atoms with Crippen molar-refractivity contribution in [2.75, 3.05) is 7.11 Å². The molecule has 1 aromatic rings. The van der Waals surface area contributed by atoms with Gasteiger partial charge in [0.1, 0.15) is 11.7 Å². The smallest absolute Gasteiger partial charge is 0.316 e. The highest BCUT2D eigenvalue weighted by atomic mass is 79.9. The second-order valence-electron chi connectivity index (χ2n) is 6.97. The summed E-state index contributed by atoms with van der Waals surface area (Å²) >= 11 is 3.42. The molecule has 0 heterocycles. The van der Waals surface area contributed by atoms with Crippen LogP contribution in [0.2, 0.25) is 0 Å². The second-order valence-corrected chi connectivity index (χ2v) is 7.89. The van der Waals surface area contributed by atoms with E-state index in [4.69, 9.17) is 4.74 Å². The van der Waals surface area contributed by atoms with Crippen LogP contribution >= 0.6 is 15.9 Å². The van der Waals surface area contributed by atoms with Crippen LogP contribution in [0.3, 0.4) is 0 Å². The van der Waals surface area contributed by atoms with Crippen LogP contribution in [0, 0.1) is 11.3 Å². The number of esters is 1. The van der Waals surface area contributed by atoms with Crippen molar-refractivity contribution < 1.29 is 19.1 Å². The predicted molar refractivity (Wildman–Crippen MR) is 88.3 cm³/mol. The van der Waals surface area contributed by atoms with Crippen molar-refractivity contribution in [3.8, 4) is 0 Å². The third kappa shape index (κ3) is 2.12. The van der Waals surface area contributed by atoms with E-state index in [1.807, 2.05) is 32.0 Å². The van der Waals surface area contributed by atoms with E-state index < -0.39 is 22.7 Å². The number of rotatable bonds is 1. The van der Waals surface area contributed by atoms with Crippen molar-refractivity contribution in [1.29, 1.82) is 0 Å². The van der Waals surface area contributed by atoms with Crippen LogP contribution in [0.1, 0.15) is 49.0 Å². The summed E-state index contributed by atoms with van der Waals surface area (Å²) in [7, 11) is 1.28. The summed E-state index contributed by atoms with van der Waals surface area (Å²) in [5, 5.41) is 0. The minimum absolute atomic E-state index is 0.0419. The molecule has 0 N–H and O–H groups in total. The van der Waals surface area contributed by atoms with Gasteiger partial charge in [-0.25, -0.2) is 0 Å². The van der Waals surface area contributed by atoms with Gasteiger partial charge in [-0.3, -0.25) is 14.4 Å². The van der Waals surface area contributed by atoms with E-state index in [0.29, 0.717) is 12.0 Å². The molecule has 0 saturated heterocycles. The Bertz CT molecular complexity index is 714. The Morgan fingerprint density at radius 2 is 2.00 bits per heavy atom. The van der Waals surface area contributed by atoms with Crippen molar-refractivity contribution >= 4 is 33.5 Å². The summed E-state index contributed by atoms with van der Waals surface area (Å²) in [6, 6.07) is 5.74. The van der Waals surface area contributed by atoms with Gasteiger partial charge in [0, 0.05) is 27.3 Å². The molecule has 0 radical (unpaired) electrons. The third-order valence-electron chi connectivity index (χ3n) is 5.76. The molecule has 0 aliphatic heterocycles. The van der Waals surface area contributed by atoms with Crippen molar-refractivity contribution in [2.24, 2.45) is 11.3 Å². The third-order valence-corrected chi connectivity index (χ3v) is 6.25. The van der Waals surface area contributed by atoms with Gasteiger partial charge in [-0.15, -0.1) is 0 Å². The molecule has 0 aromatic heterocycles. The van der Waals surface area contributed by atoms with E-state index in [1.54, 1.807) is 0 Å². The summed E-state index contributed by atoms with van der Waals surface area (Å²) in [6.45, 7) is 4.07. The lowest BCUT2D eigenvalue weighted by atomic mass is 9.56. The maximum Gasteiger partial charge on any atom is 0.316 e. The zero-order valence-corrected chi connectivity index (χ0v) is 15.0. The highest BCUT2D eigenvalue weighted by Crippen LogP contribution is 2.59. The van der Waals surface area contributed by atoms with Gasteiger partial charge < -0.3 is 4.74 Å². The zero-order valence-electron chi connectivity index (χ0n) is 13.4. The van der Waals surface area contributed by atoms with Crippen molar-refractivity contribution in [3.05, 3.63) is 33.8 Å². The number of halogens is 1. The summed E-state index contributed by atoms with van der Waals surface area (Å²) < 4.78 is 5.64. The molecule has 1 saturated carbocycles. The van der Waals surface area contributed by atoms with Gasteiger partial charge in [0.15, 0.2) is 5.78 Å². The van der Waals surface area contributed by atoms with E-state index in [1.165, 1.54) is 7.11 Å². The molecule has 23 heavy (non-hydrogen) atoms. The van der Waals surface area contributed by atoms with Crippen LogP contribution in [-0.4, -0.2) is 24.6 Å². The first kappa shape index (κ1) is 16.4. The van der Waals surface area contributed by atoms with Crippen LogP contribution in [-0.2, 0) is 19.7 Å². The van der Waals surface area contributed by atoms with Crippen LogP contribution in [0.5, 0.6) is 0 Å². The molecule has 2 unspecified atom stereocenters. The molecular formula is C18H19BrO4. The Kier molecular flexibility index (Phi) is 3.75. The fourth-order valence-electron chi connectivity index (χ4n) is 4.25. The van der Waals surface area contributed by atoms with Gasteiger partial charge in [-0.2, -0.15) is 0 Å². The first-order chi connectivity index (χ1) is 10.7. The average molecular weight is 379 g/mol. The van der Waals surface area contributed by atoms with Gasteiger partial charge >= 0.3 is 5.97 Å². The number of Topliss-reactive ketones (excluding diaryl/α,β-unsaturated/α-hetero) is 2. The Hall–Kier alpha value is -1.49. The number of fused-ring (bicyclic) bond motifs is 1. The van der Waals surface area contributed by atoms with Gasteiger partial charge in [-0.05, 0) is 30.5 Å². The normalized spacial score (nSPS) is 28.8. The quantitative estimate of drug-likeness (QED) is 0.554. The maximum absolute atomic E-state index is 13.2. The number of methoxy groups -OCH3 is 1. The molecule has 4 nitrogen and oxygen atoms in total. The number of ether oxygens (including phenoxy) is 1. The van der Waals surface area contributed by atoms with E-state index in [-0.39, 0.29) is 24.4 Å². The fraction of sp³-hybridized carbons (Fsp3) is 0.500. The van der Waals surface area contributed by atoms with E-state index in [0.717, 1.165) is 10.0 Å². The largest absolute Gasteiger partial charge is 0.468 e. The molecule has 2 aliphatic rings. The highest BCUT2D eigenvalue weighted by Gasteiger charge is 2.61. The minimum Gasteiger partial charge on any atom is -0.468 e. The zero-order chi connectivity index (χ0) is 17.0. The molecule has 2 aliphatic carbocycles. The van der Waals surface area contributed by atoms with E-state index in [2.05, 4.69) is 15.9 Å². The molecule has 1 fully saturated rings. The summed E-state index contributed by atoms with van der Waals surface area (Å²) in [6.07, 6.45) is 0.957. The molecule has 1 spiro atoms. The lowest BCUT2D eigenvalue weighted by Crippen LogP contribution is -2.49. The lowest BCUT2D eigenvalue weighted by molar-refractivity contribution is -0.152. The summed E-state index contributed by atoms with van der Waals surface area (Å²) in [5.74, 6) is -1.45. The monoisotopic (exact) mass is 378 g/mol. The molecule has 2 atom stereocenters. The number of ketones is 2. The minimum atomic E-state index is -0.838. The molecule has 0 amide bonds. The van der Waals surface area contributed by atoms with E-state index in [9.17, 15) is 14.4 Å². The molecule has 0 bridgehead atoms.